The van der Waals surface area contributed by atoms with Gasteiger partial charge >= 0.3 is 0 Å². The van der Waals surface area contributed by atoms with Gasteiger partial charge in [0.1, 0.15) is 0 Å². The van der Waals surface area contributed by atoms with E-state index in [0.29, 0.717) is 17.0 Å². The number of amides is 1. The summed E-state index contributed by atoms with van der Waals surface area (Å²) in [6.45, 7) is 5.08. The maximum absolute atomic E-state index is 13.7. The molecular weight excluding hydrogens is 392 g/mol. The molecule has 31 heavy (non-hydrogen) atoms. The second kappa shape index (κ2) is 8.06. The van der Waals surface area contributed by atoms with E-state index in [1.165, 1.54) is 6.42 Å². The SMILES string of the molecule is CCC1CCCCN1C(=O)c1cnc2nc(C)ccc2c1Nc1ccc2c(c1)OCO2. The number of hydrogen-bond acceptors (Lipinski definition) is 6. The molecule has 1 unspecified atom stereocenters. The number of likely N-dealkylation sites (tertiary alicyclic amines) is 1. The Kier molecular flexibility index (Phi) is 5.10. The molecule has 1 saturated heterocycles. The van der Waals surface area contributed by atoms with E-state index in [4.69, 9.17) is 9.47 Å². The van der Waals surface area contributed by atoms with Gasteiger partial charge in [-0.25, -0.2) is 9.97 Å². The van der Waals surface area contributed by atoms with Crippen LogP contribution in [0, 0.1) is 6.92 Å². The Bertz CT molecular complexity index is 1150. The summed E-state index contributed by atoms with van der Waals surface area (Å²) in [5.41, 5.74) is 3.61. The Morgan fingerprint density at radius 2 is 2.06 bits per heavy atom. The minimum absolute atomic E-state index is 0.0183. The summed E-state index contributed by atoms with van der Waals surface area (Å²) in [6.07, 6.45) is 5.87. The van der Waals surface area contributed by atoms with Crippen LogP contribution in [0.15, 0.2) is 36.5 Å². The summed E-state index contributed by atoms with van der Waals surface area (Å²) >= 11 is 0. The first-order chi connectivity index (χ1) is 15.1. The molecule has 7 nitrogen and oxygen atoms in total. The number of anilines is 2. The number of pyridine rings is 2. The predicted octanol–water partition coefficient (Wildman–Crippen LogP) is 4.82. The Labute approximate surface area is 181 Å². The molecule has 1 N–H and O–H groups in total. The van der Waals surface area contributed by atoms with E-state index in [2.05, 4.69) is 22.2 Å². The molecule has 2 aliphatic rings. The fraction of sp³-hybridized carbons (Fsp3) is 0.375. The number of carbonyl (C=O) groups is 1. The first-order valence-corrected chi connectivity index (χ1v) is 10.9. The average molecular weight is 418 g/mol. The zero-order valence-electron chi connectivity index (χ0n) is 17.9. The lowest BCUT2D eigenvalue weighted by molar-refractivity contribution is 0.0609. The predicted molar refractivity (Wildman–Crippen MR) is 119 cm³/mol. The summed E-state index contributed by atoms with van der Waals surface area (Å²) in [4.78, 5) is 24.8. The molecule has 7 heteroatoms. The molecule has 2 aliphatic heterocycles. The normalized spacial score (nSPS) is 17.7. The van der Waals surface area contributed by atoms with Gasteiger partial charge in [-0.05, 0) is 56.9 Å². The number of benzene rings is 1. The molecule has 3 aromatic rings. The molecule has 1 amide bonds. The van der Waals surface area contributed by atoms with E-state index >= 15 is 0 Å². The van der Waals surface area contributed by atoms with Crippen LogP contribution in [0.3, 0.4) is 0 Å². The highest BCUT2D eigenvalue weighted by Crippen LogP contribution is 2.37. The van der Waals surface area contributed by atoms with Crippen molar-refractivity contribution in [3.8, 4) is 11.5 Å². The fourth-order valence-electron chi connectivity index (χ4n) is 4.43. The minimum Gasteiger partial charge on any atom is -0.454 e. The van der Waals surface area contributed by atoms with Crippen molar-refractivity contribution < 1.29 is 14.3 Å². The van der Waals surface area contributed by atoms with Crippen LogP contribution in [0.1, 0.15) is 48.7 Å². The number of nitrogens with one attached hydrogen (secondary N) is 1. The first-order valence-electron chi connectivity index (χ1n) is 10.9. The third kappa shape index (κ3) is 3.65. The Morgan fingerprint density at radius 3 is 2.94 bits per heavy atom. The van der Waals surface area contributed by atoms with E-state index in [1.54, 1.807) is 6.20 Å². The van der Waals surface area contributed by atoms with Crippen LogP contribution < -0.4 is 14.8 Å². The largest absolute Gasteiger partial charge is 0.454 e. The van der Waals surface area contributed by atoms with E-state index in [0.717, 1.165) is 54.0 Å². The van der Waals surface area contributed by atoms with Crippen LogP contribution in [0.4, 0.5) is 11.4 Å². The van der Waals surface area contributed by atoms with Gasteiger partial charge in [-0.15, -0.1) is 0 Å². The van der Waals surface area contributed by atoms with Gasteiger partial charge < -0.3 is 19.7 Å². The maximum Gasteiger partial charge on any atom is 0.257 e. The van der Waals surface area contributed by atoms with Gasteiger partial charge in [0.25, 0.3) is 5.91 Å². The molecule has 1 atom stereocenters. The van der Waals surface area contributed by atoms with Gasteiger partial charge in [-0.2, -0.15) is 0 Å². The highest BCUT2D eigenvalue weighted by atomic mass is 16.7. The number of ether oxygens (including phenoxy) is 2. The van der Waals surface area contributed by atoms with Crippen molar-refractivity contribution in [2.24, 2.45) is 0 Å². The molecule has 0 aliphatic carbocycles. The lowest BCUT2D eigenvalue weighted by Gasteiger charge is -2.35. The van der Waals surface area contributed by atoms with Gasteiger partial charge in [-0.3, -0.25) is 4.79 Å². The number of rotatable bonds is 4. The van der Waals surface area contributed by atoms with Crippen molar-refractivity contribution >= 4 is 28.3 Å². The summed E-state index contributed by atoms with van der Waals surface area (Å²) in [6, 6.07) is 9.87. The van der Waals surface area contributed by atoms with Crippen LogP contribution in [-0.4, -0.2) is 40.2 Å². The lowest BCUT2D eigenvalue weighted by Crippen LogP contribution is -2.43. The summed E-state index contributed by atoms with van der Waals surface area (Å²) in [5.74, 6) is 1.43. The van der Waals surface area contributed by atoms with Gasteiger partial charge in [0.2, 0.25) is 6.79 Å². The molecule has 5 rings (SSSR count). The maximum atomic E-state index is 13.7. The molecule has 4 heterocycles. The summed E-state index contributed by atoms with van der Waals surface area (Å²) in [5, 5.41) is 4.27. The molecule has 1 fully saturated rings. The molecule has 2 aromatic heterocycles. The zero-order valence-corrected chi connectivity index (χ0v) is 17.9. The van der Waals surface area contributed by atoms with Crippen molar-refractivity contribution in [1.29, 1.82) is 0 Å². The molecule has 1 aromatic carbocycles. The number of piperidine rings is 1. The molecule has 0 radical (unpaired) electrons. The van der Waals surface area contributed by atoms with Gasteiger partial charge in [0, 0.05) is 41.6 Å². The fourth-order valence-corrected chi connectivity index (χ4v) is 4.43. The summed E-state index contributed by atoms with van der Waals surface area (Å²) < 4.78 is 10.9. The van der Waals surface area contributed by atoms with Gasteiger partial charge in [0.05, 0.1) is 11.3 Å². The number of fused-ring (bicyclic) bond motifs is 2. The molecule has 160 valence electrons. The van der Waals surface area contributed by atoms with E-state index in [9.17, 15) is 4.79 Å². The Balaban J connectivity index is 1.59. The average Bonchev–Trinajstić information content (AvgIpc) is 3.26. The highest BCUT2D eigenvalue weighted by Gasteiger charge is 2.29. The summed E-state index contributed by atoms with van der Waals surface area (Å²) in [7, 11) is 0. The number of carbonyl (C=O) groups excluding carboxylic acids is 1. The third-order valence-corrected chi connectivity index (χ3v) is 6.10. The molecule has 0 spiro atoms. The standard InChI is InChI=1S/C24H26N4O3/c1-3-17-6-4-5-11-28(17)24(29)19-13-25-23-18(9-7-15(2)26-23)22(19)27-16-8-10-20-21(12-16)31-14-30-20/h7-10,12-13,17H,3-6,11,14H2,1-2H3,(H,25,26,27). The van der Waals surface area contributed by atoms with E-state index in [1.807, 2.05) is 42.2 Å². The number of aryl methyl sites for hydroxylation is 1. The van der Waals surface area contributed by atoms with Gasteiger partial charge in [-0.1, -0.05) is 6.92 Å². The van der Waals surface area contributed by atoms with Crippen molar-refractivity contribution in [2.75, 3.05) is 18.7 Å². The second-order valence-corrected chi connectivity index (χ2v) is 8.12. The molecule has 0 bridgehead atoms. The van der Waals surface area contributed by atoms with Crippen LogP contribution in [0.5, 0.6) is 11.5 Å². The second-order valence-electron chi connectivity index (χ2n) is 8.12. The highest BCUT2D eigenvalue weighted by molar-refractivity contribution is 6.07. The van der Waals surface area contributed by atoms with Gasteiger partial charge in [0.15, 0.2) is 17.1 Å². The minimum atomic E-state index is 0.0183. The van der Waals surface area contributed by atoms with Crippen LogP contribution in [0.25, 0.3) is 11.0 Å². The van der Waals surface area contributed by atoms with Crippen LogP contribution in [-0.2, 0) is 0 Å². The van der Waals surface area contributed by atoms with E-state index in [-0.39, 0.29) is 18.7 Å². The quantitative estimate of drug-likeness (QED) is 0.655. The number of nitrogens with zero attached hydrogens (tertiary/aromatic N) is 3. The smallest absolute Gasteiger partial charge is 0.257 e. The monoisotopic (exact) mass is 418 g/mol. The van der Waals surface area contributed by atoms with Crippen molar-refractivity contribution in [1.82, 2.24) is 14.9 Å². The number of hydrogen-bond donors (Lipinski definition) is 1. The molecule has 0 saturated carbocycles. The zero-order chi connectivity index (χ0) is 21.4. The topological polar surface area (TPSA) is 76.6 Å². The Morgan fingerprint density at radius 1 is 1.19 bits per heavy atom. The lowest BCUT2D eigenvalue weighted by atomic mass is 9.98. The third-order valence-electron chi connectivity index (χ3n) is 6.10. The number of aromatic nitrogens is 2. The first kappa shape index (κ1) is 19.6. The van der Waals surface area contributed by atoms with Crippen molar-refractivity contribution in [3.63, 3.8) is 0 Å². The Hall–Kier alpha value is -3.35. The van der Waals surface area contributed by atoms with E-state index < -0.39 is 0 Å². The van der Waals surface area contributed by atoms with Crippen molar-refractivity contribution in [3.05, 3.63) is 47.8 Å². The van der Waals surface area contributed by atoms with Crippen molar-refractivity contribution in [2.45, 2.75) is 45.6 Å². The van der Waals surface area contributed by atoms with Crippen LogP contribution in [0.2, 0.25) is 0 Å². The molecular formula is C24H26N4O3. The van der Waals surface area contributed by atoms with Crippen LogP contribution >= 0.6 is 0 Å².